The molecule has 3 aromatic rings. The zero-order valence-corrected chi connectivity index (χ0v) is 17.1. The van der Waals surface area contributed by atoms with Crippen molar-refractivity contribution in [3.8, 4) is 11.5 Å². The Bertz CT molecular complexity index is 1080. The molecule has 9 heteroatoms. The zero-order valence-electron chi connectivity index (χ0n) is 15.5. The molecule has 1 heterocycles. The average Bonchev–Trinajstić information content (AvgIpc) is 3.15. The van der Waals surface area contributed by atoms with Crippen molar-refractivity contribution in [1.29, 1.82) is 0 Å². The average molecular weight is 435 g/mol. The van der Waals surface area contributed by atoms with E-state index in [2.05, 4.69) is 9.93 Å². The molecule has 7 nitrogen and oxygen atoms in total. The van der Waals surface area contributed by atoms with Crippen LogP contribution >= 0.6 is 11.6 Å². The van der Waals surface area contributed by atoms with Gasteiger partial charge in [0.1, 0.15) is 29.6 Å². The molecule has 0 aliphatic carbocycles. The number of hydrogen-bond donors (Lipinski definition) is 1. The van der Waals surface area contributed by atoms with Gasteiger partial charge < -0.3 is 13.9 Å². The summed E-state index contributed by atoms with van der Waals surface area (Å²) in [5, 5.41) is 4.32. The van der Waals surface area contributed by atoms with Crippen molar-refractivity contribution in [2.75, 3.05) is 6.61 Å². The number of hydrogen-bond acceptors (Lipinski definition) is 6. The highest BCUT2D eigenvalue weighted by atomic mass is 35.5. The van der Waals surface area contributed by atoms with E-state index in [4.69, 9.17) is 25.5 Å². The number of ether oxygens (including phenoxy) is 2. The number of benzene rings is 2. The predicted octanol–water partition coefficient (Wildman–Crippen LogP) is 4.22. The highest BCUT2D eigenvalue weighted by Gasteiger charge is 2.12. The van der Waals surface area contributed by atoms with Gasteiger partial charge in [-0.25, -0.2) is 0 Å². The van der Waals surface area contributed by atoms with Gasteiger partial charge in [0.15, 0.2) is 0 Å². The van der Waals surface area contributed by atoms with E-state index in [0.717, 1.165) is 0 Å². The molecule has 0 atom stereocenters. The molecule has 0 spiro atoms. The summed E-state index contributed by atoms with van der Waals surface area (Å²) in [5.41, 5.74) is 0. The normalized spacial score (nSPS) is 11.5. The Kier molecular flexibility index (Phi) is 6.79. The number of nitrogens with zero attached hydrogens (tertiary/aromatic N) is 1. The van der Waals surface area contributed by atoms with E-state index in [0.29, 0.717) is 34.6 Å². The van der Waals surface area contributed by atoms with Crippen LogP contribution in [0.1, 0.15) is 18.4 Å². The molecule has 1 aromatic heterocycles. The van der Waals surface area contributed by atoms with Gasteiger partial charge in [0.25, 0.3) is 10.0 Å². The van der Waals surface area contributed by atoms with Gasteiger partial charge in [-0.2, -0.15) is 18.4 Å². The fourth-order valence-corrected chi connectivity index (χ4v) is 3.32. The fraction of sp³-hybridized carbons (Fsp3) is 0.150. The molecule has 3 rings (SSSR count). The Hall–Kier alpha value is -2.97. The lowest BCUT2D eigenvalue weighted by molar-refractivity contribution is 0.270. The Morgan fingerprint density at radius 2 is 1.86 bits per heavy atom. The molecule has 0 fully saturated rings. The predicted molar refractivity (Wildman–Crippen MR) is 110 cm³/mol. The highest BCUT2D eigenvalue weighted by Crippen LogP contribution is 2.19. The van der Waals surface area contributed by atoms with E-state index in [9.17, 15) is 8.42 Å². The van der Waals surface area contributed by atoms with Crippen LogP contribution < -0.4 is 14.3 Å². The molecular weight excluding hydrogens is 416 g/mol. The first kappa shape index (κ1) is 20.8. The third kappa shape index (κ3) is 6.00. The second kappa shape index (κ2) is 9.49. The summed E-state index contributed by atoms with van der Waals surface area (Å²) in [6, 6.07) is 16.5. The van der Waals surface area contributed by atoms with Crippen molar-refractivity contribution < 1.29 is 22.3 Å². The third-order valence-electron chi connectivity index (χ3n) is 3.67. The minimum absolute atomic E-state index is 0.0770. The summed E-state index contributed by atoms with van der Waals surface area (Å²) >= 11 is 5.91. The highest BCUT2D eigenvalue weighted by molar-refractivity contribution is 7.89. The third-order valence-corrected chi connectivity index (χ3v) is 5.14. The molecule has 2 aromatic carbocycles. The Labute approximate surface area is 174 Å². The van der Waals surface area contributed by atoms with Gasteiger partial charge in [0.05, 0.1) is 17.7 Å². The number of sulfonamides is 1. The van der Waals surface area contributed by atoms with Crippen LogP contribution in [-0.2, 0) is 16.6 Å². The first-order valence-electron chi connectivity index (χ1n) is 8.71. The largest absolute Gasteiger partial charge is 0.494 e. The molecule has 0 unspecified atom stereocenters. The maximum Gasteiger partial charge on any atom is 0.276 e. The van der Waals surface area contributed by atoms with Crippen LogP contribution in [0.15, 0.2) is 75.1 Å². The lowest BCUT2D eigenvalue weighted by Crippen LogP contribution is -2.18. The monoisotopic (exact) mass is 434 g/mol. The van der Waals surface area contributed by atoms with Crippen molar-refractivity contribution in [2.24, 2.45) is 5.10 Å². The fourth-order valence-electron chi connectivity index (χ4n) is 2.35. The molecule has 29 heavy (non-hydrogen) atoms. The molecule has 0 bridgehead atoms. The number of hydrazone groups is 1. The van der Waals surface area contributed by atoms with Gasteiger partial charge in [-0.15, -0.1) is 0 Å². The van der Waals surface area contributed by atoms with Crippen LogP contribution in [-0.4, -0.2) is 21.2 Å². The molecule has 0 aliphatic heterocycles. The topological polar surface area (TPSA) is 90.1 Å². The standard InChI is InChI=1S/C20H19ClN2O5S/c1-2-26-16-8-10-20(11-9-16)29(24,25)23-22-13-18-6-7-19(28-18)14-27-17-5-3-4-15(21)12-17/h3-13,23H,2,14H2,1H3. The summed E-state index contributed by atoms with van der Waals surface area (Å²) in [6.45, 7) is 2.56. The summed E-state index contributed by atoms with van der Waals surface area (Å²) < 4.78 is 40.9. The molecule has 0 aliphatic rings. The number of rotatable bonds is 9. The van der Waals surface area contributed by atoms with Crippen molar-refractivity contribution in [3.63, 3.8) is 0 Å². The summed E-state index contributed by atoms with van der Waals surface area (Å²) in [6.07, 6.45) is 1.27. The lowest BCUT2D eigenvalue weighted by atomic mass is 10.3. The van der Waals surface area contributed by atoms with Gasteiger partial charge in [-0.1, -0.05) is 17.7 Å². The molecule has 152 valence electrons. The minimum atomic E-state index is -3.79. The van der Waals surface area contributed by atoms with Crippen molar-refractivity contribution in [3.05, 3.63) is 77.2 Å². The van der Waals surface area contributed by atoms with Crippen LogP contribution in [0, 0.1) is 0 Å². The van der Waals surface area contributed by atoms with Gasteiger partial charge in [-0.3, -0.25) is 0 Å². The van der Waals surface area contributed by atoms with Gasteiger partial charge in [0.2, 0.25) is 0 Å². The molecule has 0 saturated heterocycles. The molecular formula is C20H19ClN2O5S. The van der Waals surface area contributed by atoms with Crippen LogP contribution in [0.25, 0.3) is 0 Å². The molecule has 0 radical (unpaired) electrons. The summed E-state index contributed by atoms with van der Waals surface area (Å²) in [7, 11) is -3.79. The number of halogens is 1. The van der Waals surface area contributed by atoms with E-state index in [1.807, 2.05) is 6.92 Å². The molecule has 1 N–H and O–H groups in total. The van der Waals surface area contributed by atoms with E-state index < -0.39 is 10.0 Å². The van der Waals surface area contributed by atoms with Crippen LogP contribution in [0.3, 0.4) is 0 Å². The van der Waals surface area contributed by atoms with E-state index >= 15 is 0 Å². The zero-order chi connectivity index (χ0) is 20.7. The van der Waals surface area contributed by atoms with Crippen molar-refractivity contribution in [1.82, 2.24) is 4.83 Å². The van der Waals surface area contributed by atoms with E-state index in [1.165, 1.54) is 18.3 Å². The second-order valence-corrected chi connectivity index (χ2v) is 7.90. The first-order chi connectivity index (χ1) is 14.0. The van der Waals surface area contributed by atoms with Gasteiger partial charge in [-0.05, 0) is 61.5 Å². The lowest BCUT2D eigenvalue weighted by Gasteiger charge is -2.05. The molecule has 0 saturated carbocycles. The maximum atomic E-state index is 12.3. The summed E-state index contributed by atoms with van der Waals surface area (Å²) in [4.78, 5) is 2.22. The van der Waals surface area contributed by atoms with Crippen molar-refractivity contribution >= 4 is 27.8 Å². The Morgan fingerprint density at radius 3 is 2.59 bits per heavy atom. The van der Waals surface area contributed by atoms with Crippen LogP contribution in [0.4, 0.5) is 0 Å². The Morgan fingerprint density at radius 1 is 1.07 bits per heavy atom. The van der Waals surface area contributed by atoms with Gasteiger partial charge >= 0.3 is 0 Å². The van der Waals surface area contributed by atoms with Crippen molar-refractivity contribution in [2.45, 2.75) is 18.4 Å². The second-order valence-electron chi connectivity index (χ2n) is 5.81. The number of nitrogens with one attached hydrogen (secondary N) is 1. The van der Waals surface area contributed by atoms with Crippen LogP contribution in [0.2, 0.25) is 5.02 Å². The van der Waals surface area contributed by atoms with Crippen LogP contribution in [0.5, 0.6) is 11.5 Å². The van der Waals surface area contributed by atoms with Gasteiger partial charge in [0, 0.05) is 5.02 Å². The first-order valence-corrected chi connectivity index (χ1v) is 10.6. The molecule has 0 amide bonds. The quantitative estimate of drug-likeness (QED) is 0.402. The maximum absolute atomic E-state index is 12.3. The minimum Gasteiger partial charge on any atom is -0.494 e. The van der Waals surface area contributed by atoms with E-state index in [1.54, 1.807) is 48.5 Å². The Balaban J connectivity index is 1.56. The SMILES string of the molecule is CCOc1ccc(S(=O)(=O)NN=Cc2ccc(COc3cccc(Cl)c3)o2)cc1. The van der Waals surface area contributed by atoms with E-state index in [-0.39, 0.29) is 11.5 Å². The summed E-state index contributed by atoms with van der Waals surface area (Å²) in [5.74, 6) is 2.15. The number of furan rings is 1. The smallest absolute Gasteiger partial charge is 0.276 e.